The molecule has 0 aromatic heterocycles. The predicted molar refractivity (Wildman–Crippen MR) is 68.7 cm³/mol. The van der Waals surface area contributed by atoms with Crippen LogP contribution >= 0.6 is 0 Å². The summed E-state index contributed by atoms with van der Waals surface area (Å²) in [5.41, 5.74) is 7.89. The average Bonchev–Trinajstić information content (AvgIpc) is 2.27. The number of methoxy groups -OCH3 is 1. The van der Waals surface area contributed by atoms with Crippen molar-refractivity contribution in [2.45, 2.75) is 32.4 Å². The quantitative estimate of drug-likeness (QED) is 0.802. The maximum atomic E-state index is 5.83. The van der Waals surface area contributed by atoms with Crippen molar-refractivity contribution in [2.24, 2.45) is 5.73 Å². The first kappa shape index (κ1) is 13.0. The molecule has 0 saturated heterocycles. The summed E-state index contributed by atoms with van der Waals surface area (Å²) in [4.78, 5) is 0. The molecule has 0 bridgehead atoms. The predicted octanol–water partition coefficient (Wildman–Crippen LogP) is 2.16. The Morgan fingerprint density at radius 3 is 2.69 bits per heavy atom. The molecule has 16 heavy (non-hydrogen) atoms. The monoisotopic (exact) mass is 222 g/mol. The minimum absolute atomic E-state index is 0.0537. The molecule has 1 rings (SSSR count). The molecule has 0 saturated carbocycles. The Morgan fingerprint density at radius 2 is 2.19 bits per heavy atom. The number of rotatable bonds is 5. The van der Waals surface area contributed by atoms with Gasteiger partial charge in [0.2, 0.25) is 0 Å². The number of ether oxygens (including phenoxy) is 1. The first-order valence-electron chi connectivity index (χ1n) is 5.59. The van der Waals surface area contributed by atoms with E-state index in [9.17, 15) is 0 Å². The third kappa shape index (κ3) is 2.97. The SMILES string of the molecule is COC(C)C(C)(CN)Nc1cccc(C)c1. The van der Waals surface area contributed by atoms with Crippen LogP contribution in [0.25, 0.3) is 0 Å². The zero-order valence-corrected chi connectivity index (χ0v) is 10.6. The summed E-state index contributed by atoms with van der Waals surface area (Å²) in [7, 11) is 1.70. The molecule has 0 aliphatic carbocycles. The van der Waals surface area contributed by atoms with Crippen molar-refractivity contribution in [3.8, 4) is 0 Å². The van der Waals surface area contributed by atoms with Gasteiger partial charge < -0.3 is 15.8 Å². The molecular weight excluding hydrogens is 200 g/mol. The summed E-state index contributed by atoms with van der Waals surface area (Å²) >= 11 is 0. The van der Waals surface area contributed by atoms with Gasteiger partial charge in [-0.3, -0.25) is 0 Å². The smallest absolute Gasteiger partial charge is 0.0782 e. The van der Waals surface area contributed by atoms with E-state index in [0.717, 1.165) is 5.69 Å². The Labute approximate surface area is 98.0 Å². The zero-order valence-electron chi connectivity index (χ0n) is 10.6. The molecule has 1 aromatic rings. The van der Waals surface area contributed by atoms with Crippen molar-refractivity contribution in [2.75, 3.05) is 19.0 Å². The minimum atomic E-state index is -0.247. The molecule has 2 unspecified atom stereocenters. The van der Waals surface area contributed by atoms with Gasteiger partial charge in [0, 0.05) is 19.3 Å². The molecule has 3 N–H and O–H groups in total. The second-order valence-corrected chi connectivity index (χ2v) is 4.49. The third-order valence-electron chi connectivity index (χ3n) is 3.12. The van der Waals surface area contributed by atoms with Crippen LogP contribution in [0, 0.1) is 6.92 Å². The zero-order chi connectivity index (χ0) is 12.2. The summed E-state index contributed by atoms with van der Waals surface area (Å²) in [5, 5.41) is 3.45. The Balaban J connectivity index is 2.84. The molecule has 0 fully saturated rings. The van der Waals surface area contributed by atoms with Crippen LogP contribution in [0.5, 0.6) is 0 Å². The van der Waals surface area contributed by atoms with Gasteiger partial charge in [0.15, 0.2) is 0 Å². The van der Waals surface area contributed by atoms with Crippen molar-refractivity contribution in [3.63, 3.8) is 0 Å². The minimum Gasteiger partial charge on any atom is -0.379 e. The van der Waals surface area contributed by atoms with Gasteiger partial charge >= 0.3 is 0 Å². The van der Waals surface area contributed by atoms with Gasteiger partial charge in [0.05, 0.1) is 11.6 Å². The Bertz CT molecular complexity index is 340. The fourth-order valence-electron chi connectivity index (χ4n) is 1.63. The summed E-state index contributed by atoms with van der Waals surface area (Å²) in [6.45, 7) is 6.69. The van der Waals surface area contributed by atoms with E-state index in [1.165, 1.54) is 5.56 Å². The molecular formula is C13H22N2O. The van der Waals surface area contributed by atoms with Crippen LogP contribution in [-0.4, -0.2) is 25.3 Å². The van der Waals surface area contributed by atoms with Gasteiger partial charge in [0.1, 0.15) is 0 Å². The highest BCUT2D eigenvalue weighted by molar-refractivity contribution is 5.48. The van der Waals surface area contributed by atoms with Gasteiger partial charge in [-0.1, -0.05) is 12.1 Å². The maximum Gasteiger partial charge on any atom is 0.0782 e. The summed E-state index contributed by atoms with van der Waals surface area (Å²) < 4.78 is 5.37. The van der Waals surface area contributed by atoms with Crippen molar-refractivity contribution in [1.82, 2.24) is 0 Å². The van der Waals surface area contributed by atoms with Gasteiger partial charge in [-0.15, -0.1) is 0 Å². The van der Waals surface area contributed by atoms with Crippen LogP contribution in [0.3, 0.4) is 0 Å². The molecule has 1 aromatic carbocycles. The van der Waals surface area contributed by atoms with Gasteiger partial charge in [0.25, 0.3) is 0 Å². The van der Waals surface area contributed by atoms with Gasteiger partial charge in [-0.25, -0.2) is 0 Å². The van der Waals surface area contributed by atoms with E-state index in [0.29, 0.717) is 6.54 Å². The standard InChI is InChI=1S/C13H22N2O/c1-10-6-5-7-12(8-10)15-13(3,9-14)11(2)16-4/h5-8,11,15H,9,14H2,1-4H3. The normalized spacial score (nSPS) is 16.6. The Hall–Kier alpha value is -1.06. The second kappa shape index (κ2) is 5.32. The van der Waals surface area contributed by atoms with Crippen molar-refractivity contribution < 1.29 is 4.74 Å². The van der Waals surface area contributed by atoms with E-state index in [1.807, 2.05) is 19.1 Å². The lowest BCUT2D eigenvalue weighted by Crippen LogP contribution is -2.51. The Kier molecular flexibility index (Phi) is 4.33. The maximum absolute atomic E-state index is 5.83. The first-order chi connectivity index (χ1) is 7.51. The number of nitrogens with two attached hydrogens (primary N) is 1. The van der Waals surface area contributed by atoms with Gasteiger partial charge in [-0.2, -0.15) is 0 Å². The van der Waals surface area contributed by atoms with Crippen LogP contribution in [0.15, 0.2) is 24.3 Å². The number of anilines is 1. The highest BCUT2D eigenvalue weighted by atomic mass is 16.5. The van der Waals surface area contributed by atoms with Crippen molar-refractivity contribution in [1.29, 1.82) is 0 Å². The van der Waals surface area contributed by atoms with E-state index in [1.54, 1.807) is 7.11 Å². The largest absolute Gasteiger partial charge is 0.379 e. The lowest BCUT2D eigenvalue weighted by atomic mass is 9.95. The molecule has 0 amide bonds. The summed E-state index contributed by atoms with van der Waals surface area (Å²) in [5.74, 6) is 0. The lowest BCUT2D eigenvalue weighted by molar-refractivity contribution is 0.0688. The Morgan fingerprint density at radius 1 is 1.50 bits per heavy atom. The molecule has 0 heterocycles. The molecule has 0 aliphatic rings. The molecule has 2 atom stereocenters. The average molecular weight is 222 g/mol. The van der Waals surface area contributed by atoms with Crippen LogP contribution in [0.4, 0.5) is 5.69 Å². The molecule has 3 heteroatoms. The lowest BCUT2D eigenvalue weighted by Gasteiger charge is -2.35. The van der Waals surface area contributed by atoms with Crippen LogP contribution in [0.2, 0.25) is 0 Å². The number of benzene rings is 1. The van der Waals surface area contributed by atoms with E-state index < -0.39 is 0 Å². The fourth-order valence-corrected chi connectivity index (χ4v) is 1.63. The molecule has 0 aliphatic heterocycles. The summed E-state index contributed by atoms with van der Waals surface area (Å²) in [6.07, 6.45) is 0.0537. The van der Waals surface area contributed by atoms with Gasteiger partial charge in [-0.05, 0) is 38.5 Å². The van der Waals surface area contributed by atoms with E-state index in [2.05, 4.69) is 31.3 Å². The third-order valence-corrected chi connectivity index (χ3v) is 3.12. The molecule has 0 spiro atoms. The molecule has 0 radical (unpaired) electrons. The van der Waals surface area contributed by atoms with Crippen LogP contribution < -0.4 is 11.1 Å². The number of hydrogen-bond donors (Lipinski definition) is 2. The number of nitrogens with one attached hydrogen (secondary N) is 1. The first-order valence-corrected chi connectivity index (χ1v) is 5.59. The second-order valence-electron chi connectivity index (χ2n) is 4.49. The number of aryl methyl sites for hydroxylation is 1. The highest BCUT2D eigenvalue weighted by Crippen LogP contribution is 2.20. The van der Waals surface area contributed by atoms with Crippen LogP contribution in [0.1, 0.15) is 19.4 Å². The van der Waals surface area contributed by atoms with Crippen molar-refractivity contribution in [3.05, 3.63) is 29.8 Å². The van der Waals surface area contributed by atoms with E-state index in [-0.39, 0.29) is 11.6 Å². The van der Waals surface area contributed by atoms with E-state index in [4.69, 9.17) is 10.5 Å². The molecule has 90 valence electrons. The van der Waals surface area contributed by atoms with Crippen LogP contribution in [-0.2, 0) is 4.74 Å². The molecule has 3 nitrogen and oxygen atoms in total. The topological polar surface area (TPSA) is 47.3 Å². The summed E-state index contributed by atoms with van der Waals surface area (Å²) in [6, 6.07) is 8.26. The fraction of sp³-hybridized carbons (Fsp3) is 0.538. The van der Waals surface area contributed by atoms with E-state index >= 15 is 0 Å². The number of hydrogen-bond acceptors (Lipinski definition) is 3. The highest BCUT2D eigenvalue weighted by Gasteiger charge is 2.29. The van der Waals surface area contributed by atoms with Crippen molar-refractivity contribution >= 4 is 5.69 Å².